The van der Waals surface area contributed by atoms with E-state index in [9.17, 15) is 0 Å². The van der Waals surface area contributed by atoms with Crippen LogP contribution in [0.1, 0.15) is 11.6 Å². The maximum atomic E-state index is 5.70. The number of nitrogens with one attached hydrogen (secondary N) is 1. The second kappa shape index (κ2) is 5.62. The lowest BCUT2D eigenvalue weighted by Crippen LogP contribution is -2.24. The molecule has 0 fully saturated rings. The summed E-state index contributed by atoms with van der Waals surface area (Å²) in [5, 5.41) is 3.20. The quantitative estimate of drug-likeness (QED) is 0.841. The van der Waals surface area contributed by atoms with E-state index in [2.05, 4.69) is 53.8 Å². The van der Waals surface area contributed by atoms with Crippen molar-refractivity contribution in [2.75, 3.05) is 13.6 Å². The number of rotatable bonds is 4. The Morgan fingerprint density at radius 3 is 2.06 bits per heavy atom. The van der Waals surface area contributed by atoms with E-state index in [1.165, 1.54) is 16.7 Å². The third-order valence-corrected chi connectivity index (χ3v) is 3.00. The summed E-state index contributed by atoms with van der Waals surface area (Å²) >= 11 is 0. The second-order valence-corrected chi connectivity index (χ2v) is 4.06. The van der Waals surface area contributed by atoms with Gasteiger partial charge in [0.2, 0.25) is 0 Å². The fourth-order valence-corrected chi connectivity index (χ4v) is 1.96. The molecule has 0 bridgehead atoms. The maximum Gasteiger partial charge on any atom is 0.0442 e. The predicted octanol–water partition coefficient (Wildman–Crippen LogP) is 2.57. The van der Waals surface area contributed by atoms with Crippen molar-refractivity contribution in [1.29, 1.82) is 0 Å². The molecule has 88 valence electrons. The second-order valence-electron chi connectivity index (χ2n) is 4.06. The molecule has 0 saturated heterocycles. The van der Waals surface area contributed by atoms with Gasteiger partial charge in [-0.25, -0.2) is 0 Å². The number of hydrogen-bond acceptors (Lipinski definition) is 2. The molecule has 2 rings (SSSR count). The molecule has 0 radical (unpaired) electrons. The minimum atomic E-state index is 0.236. The minimum Gasteiger partial charge on any atom is -0.329 e. The van der Waals surface area contributed by atoms with Gasteiger partial charge in [0.15, 0.2) is 0 Å². The topological polar surface area (TPSA) is 38.0 Å². The molecule has 0 aliphatic carbocycles. The Balaban J connectivity index is 2.24. The molecule has 0 saturated carbocycles. The van der Waals surface area contributed by atoms with Crippen LogP contribution in [-0.2, 0) is 0 Å². The van der Waals surface area contributed by atoms with Gasteiger partial charge >= 0.3 is 0 Å². The SMILES string of the molecule is CNC(CN)c1ccc(-c2ccccc2)cc1. The summed E-state index contributed by atoms with van der Waals surface area (Å²) in [4.78, 5) is 0. The number of hydrogen-bond donors (Lipinski definition) is 2. The van der Waals surface area contributed by atoms with Gasteiger partial charge in [0.1, 0.15) is 0 Å². The Hall–Kier alpha value is -1.64. The molecule has 0 heterocycles. The van der Waals surface area contributed by atoms with Crippen LogP contribution >= 0.6 is 0 Å². The molecule has 2 nitrogen and oxygen atoms in total. The van der Waals surface area contributed by atoms with Crippen LogP contribution in [0, 0.1) is 0 Å². The first-order valence-electron chi connectivity index (χ1n) is 5.88. The molecular formula is C15H18N2. The Morgan fingerprint density at radius 2 is 1.53 bits per heavy atom. The average molecular weight is 226 g/mol. The van der Waals surface area contributed by atoms with Crippen LogP contribution in [0.3, 0.4) is 0 Å². The Labute approximate surface area is 102 Å². The summed E-state index contributed by atoms with van der Waals surface area (Å²) in [6.07, 6.45) is 0. The van der Waals surface area contributed by atoms with Crippen LogP contribution in [0.4, 0.5) is 0 Å². The van der Waals surface area contributed by atoms with Crippen molar-refractivity contribution in [2.45, 2.75) is 6.04 Å². The summed E-state index contributed by atoms with van der Waals surface area (Å²) in [5.41, 5.74) is 9.41. The molecule has 17 heavy (non-hydrogen) atoms. The first-order valence-corrected chi connectivity index (χ1v) is 5.88. The zero-order chi connectivity index (χ0) is 12.1. The number of benzene rings is 2. The third-order valence-electron chi connectivity index (χ3n) is 3.00. The van der Waals surface area contributed by atoms with Crippen LogP contribution in [0.2, 0.25) is 0 Å². The van der Waals surface area contributed by atoms with Gasteiger partial charge in [-0.15, -0.1) is 0 Å². The molecule has 2 aromatic carbocycles. The summed E-state index contributed by atoms with van der Waals surface area (Å²) in [6, 6.07) is 19.2. The van der Waals surface area contributed by atoms with E-state index in [1.54, 1.807) is 0 Å². The normalized spacial score (nSPS) is 12.4. The fraction of sp³-hybridized carbons (Fsp3) is 0.200. The van der Waals surface area contributed by atoms with E-state index < -0.39 is 0 Å². The Bertz CT molecular complexity index is 444. The van der Waals surface area contributed by atoms with Gasteiger partial charge < -0.3 is 11.1 Å². The Kier molecular flexibility index (Phi) is 3.91. The Morgan fingerprint density at radius 1 is 0.941 bits per heavy atom. The molecule has 0 aromatic heterocycles. The monoisotopic (exact) mass is 226 g/mol. The highest BCUT2D eigenvalue weighted by Crippen LogP contribution is 2.21. The van der Waals surface area contributed by atoms with Crippen molar-refractivity contribution < 1.29 is 0 Å². The van der Waals surface area contributed by atoms with Gasteiger partial charge in [0.05, 0.1) is 0 Å². The molecule has 0 aliphatic rings. The molecule has 0 aliphatic heterocycles. The van der Waals surface area contributed by atoms with Crippen molar-refractivity contribution in [3.63, 3.8) is 0 Å². The van der Waals surface area contributed by atoms with Gasteiger partial charge in [-0.2, -0.15) is 0 Å². The van der Waals surface area contributed by atoms with E-state index in [4.69, 9.17) is 5.73 Å². The highest BCUT2D eigenvalue weighted by Gasteiger charge is 2.06. The zero-order valence-corrected chi connectivity index (χ0v) is 10.1. The number of nitrogens with two attached hydrogens (primary N) is 1. The molecule has 3 N–H and O–H groups in total. The molecule has 2 aromatic rings. The molecule has 1 atom stereocenters. The van der Waals surface area contributed by atoms with Gasteiger partial charge in [-0.05, 0) is 23.7 Å². The van der Waals surface area contributed by atoms with E-state index in [0.717, 1.165) is 0 Å². The van der Waals surface area contributed by atoms with Crippen LogP contribution < -0.4 is 11.1 Å². The lowest BCUT2D eigenvalue weighted by Gasteiger charge is -2.14. The molecule has 2 heteroatoms. The van der Waals surface area contributed by atoms with Crippen molar-refractivity contribution in [1.82, 2.24) is 5.32 Å². The highest BCUT2D eigenvalue weighted by atomic mass is 14.9. The summed E-state index contributed by atoms with van der Waals surface area (Å²) in [5.74, 6) is 0. The molecule has 1 unspecified atom stereocenters. The van der Waals surface area contributed by atoms with Crippen molar-refractivity contribution >= 4 is 0 Å². The molecule has 0 spiro atoms. The summed E-state index contributed by atoms with van der Waals surface area (Å²) < 4.78 is 0. The lowest BCUT2D eigenvalue weighted by molar-refractivity contribution is 0.606. The van der Waals surface area contributed by atoms with E-state index in [0.29, 0.717) is 6.54 Å². The molecule has 0 amide bonds. The van der Waals surface area contributed by atoms with Crippen LogP contribution in [0.25, 0.3) is 11.1 Å². The van der Waals surface area contributed by atoms with Gasteiger partial charge in [0, 0.05) is 12.6 Å². The average Bonchev–Trinajstić information content (AvgIpc) is 2.42. The fourth-order valence-electron chi connectivity index (χ4n) is 1.96. The maximum absolute atomic E-state index is 5.70. The minimum absolute atomic E-state index is 0.236. The van der Waals surface area contributed by atoms with Gasteiger partial charge in [0.25, 0.3) is 0 Å². The first kappa shape index (κ1) is 11.8. The van der Waals surface area contributed by atoms with E-state index >= 15 is 0 Å². The first-order chi connectivity index (χ1) is 8.35. The van der Waals surface area contributed by atoms with Crippen molar-refractivity contribution in [3.05, 3.63) is 60.2 Å². The standard InChI is InChI=1S/C15H18N2/c1-17-15(11-16)14-9-7-13(8-10-14)12-5-3-2-4-6-12/h2-10,15,17H,11,16H2,1H3. The van der Waals surface area contributed by atoms with Gasteiger partial charge in [-0.3, -0.25) is 0 Å². The van der Waals surface area contributed by atoms with Gasteiger partial charge in [-0.1, -0.05) is 54.6 Å². The van der Waals surface area contributed by atoms with E-state index in [-0.39, 0.29) is 6.04 Å². The van der Waals surface area contributed by atoms with E-state index in [1.807, 2.05) is 13.1 Å². The van der Waals surface area contributed by atoms with Crippen LogP contribution in [-0.4, -0.2) is 13.6 Å². The molecular weight excluding hydrogens is 208 g/mol. The summed E-state index contributed by atoms with van der Waals surface area (Å²) in [6.45, 7) is 0.612. The summed E-state index contributed by atoms with van der Waals surface area (Å²) in [7, 11) is 1.93. The lowest BCUT2D eigenvalue weighted by atomic mass is 10.0. The number of likely N-dealkylation sites (N-methyl/N-ethyl adjacent to an activating group) is 1. The smallest absolute Gasteiger partial charge is 0.0442 e. The van der Waals surface area contributed by atoms with Crippen LogP contribution in [0.15, 0.2) is 54.6 Å². The predicted molar refractivity (Wildman–Crippen MR) is 72.7 cm³/mol. The van der Waals surface area contributed by atoms with Crippen molar-refractivity contribution in [3.8, 4) is 11.1 Å². The van der Waals surface area contributed by atoms with Crippen LogP contribution in [0.5, 0.6) is 0 Å². The largest absolute Gasteiger partial charge is 0.329 e. The highest BCUT2D eigenvalue weighted by molar-refractivity contribution is 5.63. The third kappa shape index (κ3) is 2.73. The zero-order valence-electron chi connectivity index (χ0n) is 10.1. The van der Waals surface area contributed by atoms with Crippen molar-refractivity contribution in [2.24, 2.45) is 5.73 Å².